The summed E-state index contributed by atoms with van der Waals surface area (Å²) in [6.07, 6.45) is 4.58. The minimum absolute atomic E-state index is 0.551. The van der Waals surface area contributed by atoms with E-state index in [0.29, 0.717) is 5.92 Å². The van der Waals surface area contributed by atoms with Crippen LogP contribution in [0.5, 0.6) is 0 Å². The molecule has 1 aliphatic rings. The normalized spacial score (nSPS) is 14.0. The SMILES string of the molecule is CC(C)CN1C(c2ccccc2)=CN(Cc2ccccc2)C=C1c1ccccc1. The smallest absolute Gasteiger partial charge is 0.0650 e. The van der Waals surface area contributed by atoms with Crippen LogP contribution >= 0.6 is 0 Å². The van der Waals surface area contributed by atoms with Crippen molar-refractivity contribution < 1.29 is 0 Å². The quantitative estimate of drug-likeness (QED) is 0.484. The van der Waals surface area contributed by atoms with E-state index in [0.717, 1.165) is 13.1 Å². The van der Waals surface area contributed by atoms with Crippen molar-refractivity contribution in [2.75, 3.05) is 6.54 Å². The average Bonchev–Trinajstić information content (AvgIpc) is 2.76. The highest BCUT2D eigenvalue weighted by molar-refractivity contribution is 5.79. The molecule has 0 amide bonds. The maximum atomic E-state index is 2.47. The van der Waals surface area contributed by atoms with Crippen LogP contribution in [0.2, 0.25) is 0 Å². The summed E-state index contributed by atoms with van der Waals surface area (Å²) in [6, 6.07) is 32.1. The van der Waals surface area contributed by atoms with Gasteiger partial charge < -0.3 is 9.80 Å². The summed E-state index contributed by atoms with van der Waals surface area (Å²) in [5, 5.41) is 0. The molecule has 2 heteroatoms. The van der Waals surface area contributed by atoms with E-state index in [9.17, 15) is 0 Å². The lowest BCUT2D eigenvalue weighted by Crippen LogP contribution is -2.31. The first-order valence-corrected chi connectivity index (χ1v) is 10.3. The lowest BCUT2D eigenvalue weighted by Gasteiger charge is -2.37. The van der Waals surface area contributed by atoms with Crippen LogP contribution < -0.4 is 0 Å². The Morgan fingerprint density at radius 2 is 1.07 bits per heavy atom. The molecule has 1 heterocycles. The van der Waals surface area contributed by atoms with Crippen LogP contribution in [0.4, 0.5) is 0 Å². The van der Waals surface area contributed by atoms with Gasteiger partial charge in [-0.25, -0.2) is 0 Å². The predicted octanol–water partition coefficient (Wildman–Crippen LogP) is 6.46. The highest BCUT2D eigenvalue weighted by Gasteiger charge is 2.24. The second-order valence-corrected chi connectivity index (χ2v) is 7.92. The zero-order chi connectivity index (χ0) is 20.1. The van der Waals surface area contributed by atoms with Crippen LogP contribution in [0.1, 0.15) is 30.5 Å². The van der Waals surface area contributed by atoms with Gasteiger partial charge in [-0.3, -0.25) is 0 Å². The van der Waals surface area contributed by atoms with Gasteiger partial charge in [0.15, 0.2) is 0 Å². The molecule has 0 unspecified atom stereocenters. The molecule has 0 spiro atoms. The van der Waals surface area contributed by atoms with Crippen LogP contribution in [0.15, 0.2) is 103 Å². The molecule has 29 heavy (non-hydrogen) atoms. The summed E-state index contributed by atoms with van der Waals surface area (Å²) in [5.41, 5.74) is 6.28. The molecule has 0 aromatic heterocycles. The molecular weight excluding hydrogens is 352 g/mol. The summed E-state index contributed by atoms with van der Waals surface area (Å²) in [4.78, 5) is 4.79. The van der Waals surface area contributed by atoms with E-state index in [4.69, 9.17) is 0 Å². The van der Waals surface area contributed by atoms with Crippen molar-refractivity contribution in [1.82, 2.24) is 9.80 Å². The van der Waals surface area contributed by atoms with Gasteiger partial charge in [-0.2, -0.15) is 0 Å². The molecule has 146 valence electrons. The molecule has 2 nitrogen and oxygen atoms in total. The van der Waals surface area contributed by atoms with Gasteiger partial charge in [0.2, 0.25) is 0 Å². The highest BCUT2D eigenvalue weighted by atomic mass is 15.2. The summed E-state index contributed by atoms with van der Waals surface area (Å²) in [5.74, 6) is 0.551. The minimum atomic E-state index is 0.551. The first-order chi connectivity index (χ1) is 14.2. The maximum absolute atomic E-state index is 2.47. The molecule has 1 aliphatic heterocycles. The standard InChI is InChI=1S/C27H28N2/c1-22(2)18-29-26(24-14-8-4-9-15-24)20-28(19-23-12-6-3-7-13-23)21-27(29)25-16-10-5-11-17-25/h3-17,20-22H,18-19H2,1-2H3. The monoisotopic (exact) mass is 380 g/mol. The van der Waals surface area contributed by atoms with Crippen molar-refractivity contribution in [1.29, 1.82) is 0 Å². The van der Waals surface area contributed by atoms with Crippen molar-refractivity contribution in [3.05, 3.63) is 120 Å². The topological polar surface area (TPSA) is 6.48 Å². The van der Waals surface area contributed by atoms with Crippen molar-refractivity contribution in [3.63, 3.8) is 0 Å². The van der Waals surface area contributed by atoms with E-state index < -0.39 is 0 Å². The Hall–Kier alpha value is -3.26. The van der Waals surface area contributed by atoms with Gasteiger partial charge in [-0.1, -0.05) is 105 Å². The molecule has 3 aromatic rings. The minimum Gasteiger partial charge on any atom is -0.346 e. The molecule has 0 atom stereocenters. The van der Waals surface area contributed by atoms with Gasteiger partial charge in [0, 0.05) is 25.5 Å². The fraction of sp³-hybridized carbons (Fsp3) is 0.185. The average molecular weight is 381 g/mol. The predicted molar refractivity (Wildman–Crippen MR) is 122 cm³/mol. The number of hydrogen-bond donors (Lipinski definition) is 0. The fourth-order valence-corrected chi connectivity index (χ4v) is 3.75. The summed E-state index contributed by atoms with van der Waals surface area (Å²) < 4.78 is 0. The Bertz CT molecular complexity index is 915. The lowest BCUT2D eigenvalue weighted by atomic mass is 10.0. The fourth-order valence-electron chi connectivity index (χ4n) is 3.75. The molecule has 0 fully saturated rings. The Kier molecular flexibility index (Phi) is 5.81. The summed E-state index contributed by atoms with van der Waals surface area (Å²) in [6.45, 7) is 6.38. The van der Waals surface area contributed by atoms with Gasteiger partial charge in [0.1, 0.15) is 0 Å². The zero-order valence-corrected chi connectivity index (χ0v) is 17.2. The van der Waals surface area contributed by atoms with E-state index in [-0.39, 0.29) is 0 Å². The van der Waals surface area contributed by atoms with E-state index in [2.05, 4.69) is 127 Å². The van der Waals surface area contributed by atoms with Crippen molar-refractivity contribution in [3.8, 4) is 0 Å². The third-order valence-corrected chi connectivity index (χ3v) is 5.05. The van der Waals surface area contributed by atoms with E-state index in [1.54, 1.807) is 0 Å². The number of benzene rings is 3. The number of hydrogen-bond acceptors (Lipinski definition) is 2. The van der Waals surface area contributed by atoms with E-state index >= 15 is 0 Å². The lowest BCUT2D eigenvalue weighted by molar-refractivity contribution is 0.413. The Morgan fingerprint density at radius 1 is 0.621 bits per heavy atom. The van der Waals surface area contributed by atoms with E-state index in [1.165, 1.54) is 28.1 Å². The molecule has 4 rings (SSSR count). The summed E-state index contributed by atoms with van der Waals surface area (Å²) >= 11 is 0. The van der Waals surface area contributed by atoms with Gasteiger partial charge in [0.05, 0.1) is 11.4 Å². The van der Waals surface area contributed by atoms with Crippen LogP contribution in [-0.4, -0.2) is 16.3 Å². The second kappa shape index (κ2) is 8.83. The molecule has 0 bridgehead atoms. The van der Waals surface area contributed by atoms with Crippen LogP contribution in [0.3, 0.4) is 0 Å². The Labute approximate surface area is 174 Å². The number of nitrogens with zero attached hydrogens (tertiary/aromatic N) is 2. The largest absolute Gasteiger partial charge is 0.346 e. The van der Waals surface area contributed by atoms with Crippen molar-refractivity contribution in [2.24, 2.45) is 5.92 Å². The van der Waals surface area contributed by atoms with Gasteiger partial charge in [-0.05, 0) is 22.6 Å². The Morgan fingerprint density at radius 3 is 1.52 bits per heavy atom. The van der Waals surface area contributed by atoms with Gasteiger partial charge in [-0.15, -0.1) is 0 Å². The third-order valence-electron chi connectivity index (χ3n) is 5.05. The van der Waals surface area contributed by atoms with Gasteiger partial charge in [0.25, 0.3) is 0 Å². The van der Waals surface area contributed by atoms with Crippen LogP contribution in [-0.2, 0) is 6.54 Å². The number of rotatable bonds is 6. The Balaban J connectivity index is 1.79. The van der Waals surface area contributed by atoms with Crippen molar-refractivity contribution >= 4 is 11.4 Å². The summed E-state index contributed by atoms with van der Waals surface area (Å²) in [7, 11) is 0. The molecule has 3 aromatic carbocycles. The molecule has 0 radical (unpaired) electrons. The first-order valence-electron chi connectivity index (χ1n) is 10.3. The van der Waals surface area contributed by atoms with Crippen LogP contribution in [0.25, 0.3) is 11.4 Å². The molecular formula is C27H28N2. The maximum Gasteiger partial charge on any atom is 0.0650 e. The van der Waals surface area contributed by atoms with Crippen LogP contribution in [0, 0.1) is 5.92 Å². The van der Waals surface area contributed by atoms with E-state index in [1.807, 2.05) is 0 Å². The van der Waals surface area contributed by atoms with Gasteiger partial charge >= 0.3 is 0 Å². The molecule has 0 saturated carbocycles. The molecule has 0 aliphatic carbocycles. The third kappa shape index (κ3) is 4.60. The zero-order valence-electron chi connectivity index (χ0n) is 17.2. The van der Waals surface area contributed by atoms with Crippen molar-refractivity contribution in [2.45, 2.75) is 20.4 Å². The molecule has 0 N–H and O–H groups in total. The highest BCUT2D eigenvalue weighted by Crippen LogP contribution is 2.35. The first kappa shape index (κ1) is 19.1. The molecule has 0 saturated heterocycles. The second-order valence-electron chi connectivity index (χ2n) is 7.92.